The van der Waals surface area contributed by atoms with Crippen LogP contribution in [0.15, 0.2) is 42.7 Å². The first-order valence-electron chi connectivity index (χ1n) is 8.04. The van der Waals surface area contributed by atoms with E-state index in [9.17, 15) is 4.79 Å². The lowest BCUT2D eigenvalue weighted by Crippen LogP contribution is -2.26. The van der Waals surface area contributed by atoms with Gasteiger partial charge in [0, 0.05) is 44.2 Å². The molecule has 0 aliphatic heterocycles. The van der Waals surface area contributed by atoms with Crippen LogP contribution in [0.5, 0.6) is 5.75 Å². The number of H-pyrrole nitrogens is 1. The Balaban J connectivity index is 1.72. The molecule has 1 aromatic carbocycles. The minimum absolute atomic E-state index is 0.163. The highest BCUT2D eigenvalue weighted by atomic mass is 16.5. The van der Waals surface area contributed by atoms with E-state index in [2.05, 4.69) is 25.5 Å². The number of nitrogens with zero attached hydrogens (tertiary/aromatic N) is 4. The van der Waals surface area contributed by atoms with Gasteiger partial charge in [-0.25, -0.2) is 9.97 Å². The Morgan fingerprint density at radius 2 is 2.04 bits per heavy atom. The molecule has 2 N–H and O–H groups in total. The number of ether oxygens (including phenoxy) is 1. The van der Waals surface area contributed by atoms with Gasteiger partial charge in [0.25, 0.3) is 5.91 Å². The van der Waals surface area contributed by atoms with Gasteiger partial charge in [0.15, 0.2) is 0 Å². The molecule has 0 aliphatic rings. The topological polar surface area (TPSA) is 96.0 Å². The maximum Gasteiger partial charge on any atom is 0.271 e. The van der Waals surface area contributed by atoms with Crippen molar-refractivity contribution in [2.75, 3.05) is 26.5 Å². The number of hydrogen-bond acceptors (Lipinski definition) is 6. The highest BCUT2D eigenvalue weighted by molar-refractivity contribution is 5.93. The Morgan fingerprint density at radius 1 is 1.27 bits per heavy atom. The molecule has 3 aromatic rings. The van der Waals surface area contributed by atoms with E-state index in [1.54, 1.807) is 44.6 Å². The number of aromatic nitrogens is 4. The Bertz CT molecular complexity index is 891. The summed E-state index contributed by atoms with van der Waals surface area (Å²) in [4.78, 5) is 22.5. The number of rotatable bonds is 6. The fourth-order valence-electron chi connectivity index (χ4n) is 2.48. The molecule has 2 aromatic heterocycles. The summed E-state index contributed by atoms with van der Waals surface area (Å²) >= 11 is 0. The summed E-state index contributed by atoms with van der Waals surface area (Å²) in [6.45, 7) is 0.399. The molecule has 8 heteroatoms. The van der Waals surface area contributed by atoms with E-state index < -0.39 is 0 Å². The van der Waals surface area contributed by atoms with Crippen molar-refractivity contribution in [1.29, 1.82) is 0 Å². The lowest BCUT2D eigenvalue weighted by molar-refractivity contribution is 0.0779. The van der Waals surface area contributed by atoms with Gasteiger partial charge < -0.3 is 15.0 Å². The summed E-state index contributed by atoms with van der Waals surface area (Å²) in [5.41, 5.74) is 2.81. The quantitative estimate of drug-likeness (QED) is 0.706. The zero-order valence-corrected chi connectivity index (χ0v) is 14.9. The van der Waals surface area contributed by atoms with Crippen LogP contribution < -0.4 is 10.1 Å². The van der Waals surface area contributed by atoms with Crippen molar-refractivity contribution in [2.45, 2.75) is 6.54 Å². The zero-order chi connectivity index (χ0) is 18.5. The van der Waals surface area contributed by atoms with E-state index >= 15 is 0 Å². The number of hydrogen-bond donors (Lipinski definition) is 2. The predicted octanol–water partition coefficient (Wildman–Crippen LogP) is 2.19. The van der Waals surface area contributed by atoms with Gasteiger partial charge in [-0.05, 0) is 18.2 Å². The number of carbonyl (C=O) groups is 1. The molecule has 0 atom stereocenters. The van der Waals surface area contributed by atoms with E-state index in [0.717, 1.165) is 16.9 Å². The molecule has 0 saturated heterocycles. The van der Waals surface area contributed by atoms with Crippen molar-refractivity contribution in [3.8, 4) is 17.0 Å². The fourth-order valence-corrected chi connectivity index (χ4v) is 2.48. The predicted molar refractivity (Wildman–Crippen MR) is 98.0 cm³/mol. The molecule has 26 heavy (non-hydrogen) atoms. The summed E-state index contributed by atoms with van der Waals surface area (Å²) in [5.74, 6) is 1.11. The van der Waals surface area contributed by atoms with Crippen molar-refractivity contribution >= 4 is 11.9 Å². The molecule has 0 spiro atoms. The second-order valence-corrected chi connectivity index (χ2v) is 5.72. The molecule has 8 nitrogen and oxygen atoms in total. The van der Waals surface area contributed by atoms with Crippen molar-refractivity contribution < 1.29 is 9.53 Å². The van der Waals surface area contributed by atoms with Crippen LogP contribution in [0, 0.1) is 0 Å². The van der Waals surface area contributed by atoms with Crippen LogP contribution in [0.1, 0.15) is 16.1 Å². The van der Waals surface area contributed by atoms with Crippen LogP contribution in [0.2, 0.25) is 0 Å². The monoisotopic (exact) mass is 352 g/mol. The number of amides is 1. The molecule has 2 heterocycles. The van der Waals surface area contributed by atoms with Gasteiger partial charge in [-0.1, -0.05) is 12.1 Å². The Hall–Kier alpha value is -3.42. The number of benzene rings is 1. The molecule has 0 fully saturated rings. The van der Waals surface area contributed by atoms with E-state index in [1.807, 2.05) is 24.3 Å². The van der Waals surface area contributed by atoms with Gasteiger partial charge in [-0.2, -0.15) is 5.10 Å². The number of carbonyl (C=O) groups excluding carboxylic acids is 1. The third-order valence-corrected chi connectivity index (χ3v) is 3.87. The SMILES string of the molecule is CNc1ncc(CN(C)C(=O)c2cc(-c3cccc(OC)c3)n[nH]2)cn1. The average Bonchev–Trinajstić information content (AvgIpc) is 3.18. The molecule has 1 amide bonds. The average molecular weight is 352 g/mol. The Kier molecular flexibility index (Phi) is 5.12. The van der Waals surface area contributed by atoms with Gasteiger partial charge in [0.2, 0.25) is 5.95 Å². The van der Waals surface area contributed by atoms with Crippen LogP contribution in [0.25, 0.3) is 11.3 Å². The van der Waals surface area contributed by atoms with Crippen molar-refractivity contribution in [1.82, 2.24) is 25.1 Å². The standard InChI is InChI=1S/C18H20N6O2/c1-19-18-20-9-12(10-21-18)11-24(2)17(25)16-8-15(22-23-16)13-5-4-6-14(7-13)26-3/h4-10H,11H2,1-3H3,(H,22,23)(H,19,20,21). The highest BCUT2D eigenvalue weighted by Gasteiger charge is 2.16. The first-order valence-corrected chi connectivity index (χ1v) is 8.04. The molecular formula is C18H20N6O2. The minimum atomic E-state index is -0.163. The Morgan fingerprint density at radius 3 is 2.73 bits per heavy atom. The second-order valence-electron chi connectivity index (χ2n) is 5.72. The fraction of sp³-hybridized carbons (Fsp3) is 0.222. The third-order valence-electron chi connectivity index (χ3n) is 3.87. The maximum absolute atomic E-state index is 12.6. The normalized spacial score (nSPS) is 10.4. The summed E-state index contributed by atoms with van der Waals surface area (Å²) in [6.07, 6.45) is 3.38. The lowest BCUT2D eigenvalue weighted by atomic mass is 10.1. The summed E-state index contributed by atoms with van der Waals surface area (Å²) < 4.78 is 5.22. The van der Waals surface area contributed by atoms with Gasteiger partial charge in [-0.15, -0.1) is 0 Å². The number of methoxy groups -OCH3 is 1. The molecule has 134 valence electrons. The largest absolute Gasteiger partial charge is 0.497 e. The highest BCUT2D eigenvalue weighted by Crippen LogP contribution is 2.23. The molecule has 0 saturated carbocycles. The van der Waals surface area contributed by atoms with Crippen LogP contribution in [0.3, 0.4) is 0 Å². The second kappa shape index (κ2) is 7.64. The van der Waals surface area contributed by atoms with Crippen molar-refractivity contribution in [2.24, 2.45) is 0 Å². The van der Waals surface area contributed by atoms with E-state index in [4.69, 9.17) is 4.74 Å². The molecule has 0 radical (unpaired) electrons. The van der Waals surface area contributed by atoms with Gasteiger partial charge in [0.1, 0.15) is 11.4 Å². The number of aromatic amines is 1. The third kappa shape index (κ3) is 3.80. The first kappa shape index (κ1) is 17.4. The zero-order valence-electron chi connectivity index (χ0n) is 14.9. The van der Waals surface area contributed by atoms with Crippen LogP contribution >= 0.6 is 0 Å². The lowest BCUT2D eigenvalue weighted by Gasteiger charge is -2.15. The van der Waals surface area contributed by atoms with Crippen molar-refractivity contribution in [3.05, 3.63) is 54.0 Å². The van der Waals surface area contributed by atoms with Gasteiger partial charge in [0.05, 0.1) is 12.8 Å². The van der Waals surface area contributed by atoms with Crippen LogP contribution in [-0.4, -0.2) is 52.2 Å². The molecular weight excluding hydrogens is 332 g/mol. The van der Waals surface area contributed by atoms with Gasteiger partial charge >= 0.3 is 0 Å². The molecule has 0 unspecified atom stereocenters. The van der Waals surface area contributed by atoms with E-state index in [1.165, 1.54) is 0 Å². The smallest absolute Gasteiger partial charge is 0.271 e. The maximum atomic E-state index is 12.6. The molecule has 0 bridgehead atoms. The number of nitrogens with one attached hydrogen (secondary N) is 2. The summed E-state index contributed by atoms with van der Waals surface area (Å²) in [6, 6.07) is 9.25. The summed E-state index contributed by atoms with van der Waals surface area (Å²) in [5, 5.41) is 9.89. The summed E-state index contributed by atoms with van der Waals surface area (Å²) in [7, 11) is 5.09. The minimum Gasteiger partial charge on any atom is -0.497 e. The van der Waals surface area contributed by atoms with Crippen LogP contribution in [-0.2, 0) is 6.54 Å². The molecule has 0 aliphatic carbocycles. The van der Waals surface area contributed by atoms with E-state index in [0.29, 0.717) is 23.9 Å². The Labute approximate surface area is 151 Å². The van der Waals surface area contributed by atoms with Crippen LogP contribution in [0.4, 0.5) is 5.95 Å². The van der Waals surface area contributed by atoms with E-state index in [-0.39, 0.29) is 5.91 Å². The van der Waals surface area contributed by atoms with Gasteiger partial charge in [-0.3, -0.25) is 9.89 Å². The molecule has 3 rings (SSSR count). The number of anilines is 1. The first-order chi connectivity index (χ1) is 12.6. The van der Waals surface area contributed by atoms with Crippen molar-refractivity contribution in [3.63, 3.8) is 0 Å².